The van der Waals surface area contributed by atoms with Gasteiger partial charge in [-0.05, 0) is 98.2 Å². The summed E-state index contributed by atoms with van der Waals surface area (Å²) in [5, 5.41) is 0. The van der Waals surface area contributed by atoms with Crippen molar-refractivity contribution in [3.8, 4) is 0 Å². The Kier molecular flexibility index (Phi) is 8.96. The van der Waals surface area contributed by atoms with Crippen LogP contribution in [0.2, 0.25) is 0 Å². The van der Waals surface area contributed by atoms with Crippen LogP contribution in [0.4, 0.5) is 0 Å². The molecule has 0 heterocycles. The van der Waals surface area contributed by atoms with Crippen LogP contribution in [0.25, 0.3) is 0 Å². The number of hydrogen-bond acceptors (Lipinski definition) is 4. The molecule has 4 rings (SSSR count). The molecule has 0 N–H and O–H groups in total. The van der Waals surface area contributed by atoms with Gasteiger partial charge in [-0.2, -0.15) is 0 Å². The first-order valence-electron chi connectivity index (χ1n) is 14.2. The molecule has 34 heavy (non-hydrogen) atoms. The van der Waals surface area contributed by atoms with Gasteiger partial charge in [0, 0.05) is 13.8 Å². The molecule has 0 aromatic heterocycles. The summed E-state index contributed by atoms with van der Waals surface area (Å²) in [6.45, 7) is 15.0. The first kappa shape index (κ1) is 27.3. The van der Waals surface area contributed by atoms with E-state index in [0.29, 0.717) is 29.3 Å². The predicted molar refractivity (Wildman–Crippen MR) is 137 cm³/mol. The quantitative estimate of drug-likeness (QED) is 0.295. The molecule has 4 nitrogen and oxygen atoms in total. The first-order chi connectivity index (χ1) is 16.2. The molecule has 0 radical (unpaired) electrons. The molecule has 4 aliphatic carbocycles. The van der Waals surface area contributed by atoms with E-state index in [1.165, 1.54) is 45.4 Å². The van der Waals surface area contributed by atoms with Gasteiger partial charge in [0.1, 0.15) is 6.10 Å². The standard InChI is InChI=1S/C28H44O4.C2H6/c1-6-20(13-16-31-18(2)29)24-9-10-25-23-8-7-21-17-22(32-19(3)30)11-14-27(21,4)26(23)12-15-28(24,25)5;1-2/h12,20-25H,6-11,13-17H2,1-5H3;1-2H3/t20-,21?,22-,23?,24-,25?,27+,28-;/m1./s1. The number of carbonyl (C=O) groups excluding carboxylic acids is 2. The Hall–Kier alpha value is -1.32. The maximum atomic E-state index is 11.5. The van der Waals surface area contributed by atoms with Gasteiger partial charge in [0.05, 0.1) is 6.61 Å². The van der Waals surface area contributed by atoms with Gasteiger partial charge < -0.3 is 9.47 Å². The zero-order valence-corrected chi connectivity index (χ0v) is 23.0. The average Bonchev–Trinajstić information content (AvgIpc) is 3.15. The second kappa shape index (κ2) is 11.2. The third-order valence-corrected chi connectivity index (χ3v) is 10.3. The fourth-order valence-corrected chi connectivity index (χ4v) is 8.69. The van der Waals surface area contributed by atoms with Crippen LogP contribution in [-0.4, -0.2) is 24.6 Å². The van der Waals surface area contributed by atoms with Gasteiger partial charge in [-0.15, -0.1) is 0 Å². The van der Waals surface area contributed by atoms with Crippen LogP contribution in [0.3, 0.4) is 0 Å². The Labute approximate surface area is 208 Å². The molecule has 0 aromatic rings. The fourth-order valence-electron chi connectivity index (χ4n) is 8.69. The van der Waals surface area contributed by atoms with Crippen molar-refractivity contribution in [2.24, 2.45) is 40.4 Å². The lowest BCUT2D eigenvalue weighted by Crippen LogP contribution is -2.49. The third kappa shape index (κ3) is 5.12. The van der Waals surface area contributed by atoms with E-state index in [-0.39, 0.29) is 18.0 Å². The molecule has 0 bridgehead atoms. The summed E-state index contributed by atoms with van der Waals surface area (Å²) in [7, 11) is 0. The van der Waals surface area contributed by atoms with E-state index in [4.69, 9.17) is 9.47 Å². The highest BCUT2D eigenvalue weighted by Gasteiger charge is 2.58. The largest absolute Gasteiger partial charge is 0.466 e. The van der Waals surface area contributed by atoms with Crippen molar-refractivity contribution in [2.75, 3.05) is 6.61 Å². The molecule has 0 spiro atoms. The van der Waals surface area contributed by atoms with Crippen LogP contribution >= 0.6 is 0 Å². The Bertz CT molecular complexity index is 757. The first-order valence-corrected chi connectivity index (χ1v) is 14.2. The number of hydrogen-bond donors (Lipinski definition) is 0. The number of esters is 2. The Balaban J connectivity index is 0.00000158. The van der Waals surface area contributed by atoms with Gasteiger partial charge in [-0.1, -0.05) is 52.7 Å². The second-order valence-corrected chi connectivity index (χ2v) is 11.8. The summed E-state index contributed by atoms with van der Waals surface area (Å²) in [6, 6.07) is 0. The smallest absolute Gasteiger partial charge is 0.302 e. The van der Waals surface area contributed by atoms with Gasteiger partial charge in [-0.25, -0.2) is 0 Å². The van der Waals surface area contributed by atoms with E-state index in [1.54, 1.807) is 12.5 Å². The van der Waals surface area contributed by atoms with Crippen molar-refractivity contribution in [1.82, 2.24) is 0 Å². The molecule has 0 saturated heterocycles. The van der Waals surface area contributed by atoms with Gasteiger partial charge in [-0.3, -0.25) is 9.59 Å². The minimum Gasteiger partial charge on any atom is -0.466 e. The molecule has 0 aromatic carbocycles. The van der Waals surface area contributed by atoms with E-state index < -0.39 is 0 Å². The molecule has 3 unspecified atom stereocenters. The molecular formula is C30H50O4. The number of fused-ring (bicyclic) bond motifs is 5. The summed E-state index contributed by atoms with van der Waals surface area (Å²) < 4.78 is 10.9. The zero-order valence-electron chi connectivity index (χ0n) is 23.0. The lowest BCUT2D eigenvalue weighted by Gasteiger charge is -2.57. The lowest BCUT2D eigenvalue weighted by atomic mass is 9.48. The second-order valence-electron chi connectivity index (χ2n) is 11.8. The Morgan fingerprint density at radius 2 is 1.79 bits per heavy atom. The topological polar surface area (TPSA) is 52.6 Å². The van der Waals surface area contributed by atoms with Crippen molar-refractivity contribution >= 4 is 11.9 Å². The van der Waals surface area contributed by atoms with Crippen molar-refractivity contribution < 1.29 is 19.1 Å². The molecule has 0 amide bonds. The number of ether oxygens (including phenoxy) is 2. The van der Waals surface area contributed by atoms with Gasteiger partial charge in [0.15, 0.2) is 0 Å². The predicted octanol–water partition coefficient (Wildman–Crippen LogP) is 7.50. The lowest BCUT2D eigenvalue weighted by molar-refractivity contribution is -0.151. The molecule has 4 aliphatic rings. The molecule has 8 atom stereocenters. The van der Waals surface area contributed by atoms with Gasteiger partial charge in [0.2, 0.25) is 0 Å². The highest BCUT2D eigenvalue weighted by Crippen LogP contribution is 2.66. The van der Waals surface area contributed by atoms with Crippen molar-refractivity contribution in [1.29, 1.82) is 0 Å². The van der Waals surface area contributed by atoms with Crippen LogP contribution in [0.15, 0.2) is 11.6 Å². The average molecular weight is 475 g/mol. The van der Waals surface area contributed by atoms with Gasteiger partial charge in [0.25, 0.3) is 0 Å². The van der Waals surface area contributed by atoms with E-state index in [2.05, 4.69) is 26.8 Å². The van der Waals surface area contributed by atoms with Crippen molar-refractivity contribution in [3.05, 3.63) is 11.6 Å². The maximum Gasteiger partial charge on any atom is 0.302 e. The minimum absolute atomic E-state index is 0.120. The van der Waals surface area contributed by atoms with E-state index >= 15 is 0 Å². The fraction of sp³-hybridized carbons (Fsp3) is 0.867. The summed E-state index contributed by atoms with van der Waals surface area (Å²) in [4.78, 5) is 22.7. The summed E-state index contributed by atoms with van der Waals surface area (Å²) in [5.74, 6) is 3.26. The third-order valence-electron chi connectivity index (χ3n) is 10.3. The van der Waals surface area contributed by atoms with E-state index in [1.807, 2.05) is 13.8 Å². The van der Waals surface area contributed by atoms with Crippen LogP contribution < -0.4 is 0 Å². The number of carbonyl (C=O) groups is 2. The van der Waals surface area contributed by atoms with Gasteiger partial charge >= 0.3 is 11.9 Å². The highest BCUT2D eigenvalue weighted by molar-refractivity contribution is 5.66. The number of allylic oxidation sites excluding steroid dienone is 2. The van der Waals surface area contributed by atoms with Crippen LogP contribution in [0.1, 0.15) is 113 Å². The SMILES string of the molecule is CC.CC[C@H](CCOC(C)=O)[C@H]1CCC2C3CCC4C[C@H](OC(C)=O)CC[C@]4(C)C3=CC[C@@]21C. The molecule has 3 fully saturated rings. The summed E-state index contributed by atoms with van der Waals surface area (Å²) in [6.07, 6.45) is 14.6. The van der Waals surface area contributed by atoms with Crippen LogP contribution in [0, 0.1) is 40.4 Å². The minimum atomic E-state index is -0.158. The number of rotatable bonds is 6. The molecule has 194 valence electrons. The van der Waals surface area contributed by atoms with Crippen molar-refractivity contribution in [2.45, 2.75) is 119 Å². The Morgan fingerprint density at radius 1 is 1.06 bits per heavy atom. The summed E-state index contributed by atoms with van der Waals surface area (Å²) in [5.41, 5.74) is 2.42. The molecular weight excluding hydrogens is 424 g/mol. The van der Waals surface area contributed by atoms with E-state index in [0.717, 1.165) is 43.4 Å². The molecule has 4 heteroatoms. The van der Waals surface area contributed by atoms with Crippen molar-refractivity contribution in [3.63, 3.8) is 0 Å². The maximum absolute atomic E-state index is 11.5. The van der Waals surface area contributed by atoms with Crippen LogP contribution in [-0.2, 0) is 19.1 Å². The highest BCUT2D eigenvalue weighted by atomic mass is 16.5. The molecule has 3 saturated carbocycles. The Morgan fingerprint density at radius 3 is 2.44 bits per heavy atom. The monoisotopic (exact) mass is 474 g/mol. The summed E-state index contributed by atoms with van der Waals surface area (Å²) >= 11 is 0. The van der Waals surface area contributed by atoms with Crippen LogP contribution in [0.5, 0.6) is 0 Å². The zero-order chi connectivity index (χ0) is 25.1. The molecule has 0 aliphatic heterocycles. The normalized spacial score (nSPS) is 39.3. The van der Waals surface area contributed by atoms with E-state index in [9.17, 15) is 9.59 Å².